The summed E-state index contributed by atoms with van der Waals surface area (Å²) >= 11 is 7.23. The monoisotopic (exact) mass is 381 g/mol. The van der Waals surface area contributed by atoms with E-state index in [0.29, 0.717) is 33.0 Å². The Bertz CT molecular complexity index is 937. The number of ether oxygens (including phenoxy) is 2. The Morgan fingerprint density at radius 3 is 2.60 bits per heavy atom. The van der Waals surface area contributed by atoms with Crippen molar-refractivity contribution >= 4 is 39.5 Å². The van der Waals surface area contributed by atoms with E-state index in [1.165, 1.54) is 14.2 Å². The van der Waals surface area contributed by atoms with Crippen LogP contribution in [-0.4, -0.2) is 39.9 Å². The summed E-state index contributed by atoms with van der Waals surface area (Å²) in [5.74, 6) is 1.32. The lowest BCUT2D eigenvalue weighted by atomic mass is 10.2. The van der Waals surface area contributed by atoms with Gasteiger partial charge in [-0.15, -0.1) is 15.3 Å². The summed E-state index contributed by atoms with van der Waals surface area (Å²) in [7, 11) is 2.99. The number of halogens is 1. The molecule has 0 atom stereocenters. The van der Waals surface area contributed by atoms with Gasteiger partial charge < -0.3 is 14.8 Å². The molecule has 8 nitrogen and oxygen atoms in total. The van der Waals surface area contributed by atoms with Crippen LogP contribution in [0.15, 0.2) is 12.1 Å². The van der Waals surface area contributed by atoms with Crippen molar-refractivity contribution in [1.29, 1.82) is 0 Å². The van der Waals surface area contributed by atoms with Crippen molar-refractivity contribution in [3.8, 4) is 11.5 Å². The van der Waals surface area contributed by atoms with Crippen LogP contribution in [0.2, 0.25) is 5.02 Å². The van der Waals surface area contributed by atoms with Crippen molar-refractivity contribution in [2.45, 2.75) is 19.8 Å². The predicted octanol–water partition coefficient (Wildman–Crippen LogP) is 3.23. The van der Waals surface area contributed by atoms with Crippen molar-refractivity contribution in [3.63, 3.8) is 0 Å². The lowest BCUT2D eigenvalue weighted by Gasteiger charge is -2.12. The van der Waals surface area contributed by atoms with E-state index in [4.69, 9.17) is 21.1 Å². The lowest BCUT2D eigenvalue weighted by molar-refractivity contribution is 0.102. The minimum atomic E-state index is -0.382. The van der Waals surface area contributed by atoms with Crippen molar-refractivity contribution in [2.75, 3.05) is 19.5 Å². The number of hydrogen-bond acceptors (Lipinski definition) is 7. The quantitative estimate of drug-likeness (QED) is 0.729. The Kier molecular flexibility index (Phi) is 4.78. The summed E-state index contributed by atoms with van der Waals surface area (Å²) in [6.07, 6.45) is 0. The molecule has 3 aromatic rings. The number of methoxy groups -OCH3 is 2. The van der Waals surface area contributed by atoms with Gasteiger partial charge in [0.25, 0.3) is 5.91 Å². The molecule has 0 bridgehead atoms. The Hall–Kier alpha value is -2.39. The van der Waals surface area contributed by atoms with Crippen LogP contribution in [0.4, 0.5) is 5.69 Å². The summed E-state index contributed by atoms with van der Waals surface area (Å²) in [6.45, 7) is 3.97. The van der Waals surface area contributed by atoms with E-state index in [1.54, 1.807) is 16.6 Å². The number of carbonyl (C=O) groups is 1. The van der Waals surface area contributed by atoms with Crippen LogP contribution < -0.4 is 14.8 Å². The van der Waals surface area contributed by atoms with Crippen molar-refractivity contribution in [2.24, 2.45) is 0 Å². The largest absolute Gasteiger partial charge is 0.495 e. The molecule has 1 amide bonds. The fourth-order valence-electron chi connectivity index (χ4n) is 2.22. The normalized spacial score (nSPS) is 11.1. The van der Waals surface area contributed by atoms with Gasteiger partial charge in [-0.1, -0.05) is 36.8 Å². The minimum absolute atomic E-state index is 0.147. The zero-order chi connectivity index (χ0) is 18.1. The molecule has 0 fully saturated rings. The Morgan fingerprint density at radius 2 is 1.96 bits per heavy atom. The number of aromatic nitrogens is 4. The van der Waals surface area contributed by atoms with E-state index in [-0.39, 0.29) is 16.8 Å². The zero-order valence-corrected chi connectivity index (χ0v) is 15.6. The fourth-order valence-corrected chi connectivity index (χ4v) is 3.19. The van der Waals surface area contributed by atoms with Gasteiger partial charge in [-0.3, -0.25) is 4.79 Å². The molecule has 0 aliphatic rings. The number of nitrogens with zero attached hydrogens (tertiary/aromatic N) is 4. The maximum absolute atomic E-state index is 12.6. The second-order valence-corrected chi connectivity index (χ2v) is 6.82. The minimum Gasteiger partial charge on any atom is -0.495 e. The molecule has 10 heteroatoms. The van der Waals surface area contributed by atoms with Crippen LogP contribution in [0.3, 0.4) is 0 Å². The highest BCUT2D eigenvalue weighted by Gasteiger charge is 2.20. The highest BCUT2D eigenvalue weighted by molar-refractivity contribution is 7.18. The fraction of sp³-hybridized carbons (Fsp3) is 0.333. The molecule has 0 radical (unpaired) electrons. The standard InChI is InChI=1S/C15H16ClN5O3S/c1-7(2)12-18-19-15-21(12)20-14(25-15)13(22)17-9-6-10(23-3)8(16)5-11(9)24-4/h5-7H,1-4H3,(H,17,22). The second-order valence-electron chi connectivity index (χ2n) is 5.46. The maximum atomic E-state index is 12.6. The topological polar surface area (TPSA) is 90.6 Å². The molecule has 132 valence electrons. The zero-order valence-electron chi connectivity index (χ0n) is 14.0. The molecule has 0 unspecified atom stereocenters. The lowest BCUT2D eigenvalue weighted by Crippen LogP contribution is -2.13. The van der Waals surface area contributed by atoms with Gasteiger partial charge in [-0.05, 0) is 0 Å². The van der Waals surface area contributed by atoms with Gasteiger partial charge >= 0.3 is 0 Å². The molecular formula is C15H16ClN5O3S. The van der Waals surface area contributed by atoms with Gasteiger partial charge in [0.15, 0.2) is 5.82 Å². The molecule has 1 N–H and O–H groups in total. The number of hydrogen-bond donors (Lipinski definition) is 1. The van der Waals surface area contributed by atoms with Crippen LogP contribution in [0.5, 0.6) is 11.5 Å². The third kappa shape index (κ3) is 3.24. The van der Waals surface area contributed by atoms with Gasteiger partial charge in [-0.25, -0.2) is 0 Å². The van der Waals surface area contributed by atoms with Crippen LogP contribution in [0.25, 0.3) is 4.96 Å². The number of rotatable bonds is 5. The Balaban J connectivity index is 1.92. The van der Waals surface area contributed by atoms with Crippen LogP contribution in [0.1, 0.15) is 35.4 Å². The Labute approximate surface area is 152 Å². The van der Waals surface area contributed by atoms with Crippen LogP contribution in [0, 0.1) is 0 Å². The highest BCUT2D eigenvalue weighted by Crippen LogP contribution is 2.36. The van der Waals surface area contributed by atoms with E-state index < -0.39 is 0 Å². The molecule has 0 saturated carbocycles. The van der Waals surface area contributed by atoms with E-state index in [0.717, 1.165) is 11.3 Å². The van der Waals surface area contributed by atoms with Crippen molar-refractivity contribution in [3.05, 3.63) is 28.0 Å². The number of carbonyl (C=O) groups excluding carboxylic acids is 1. The first-order valence-corrected chi connectivity index (χ1v) is 8.59. The molecule has 1 aromatic carbocycles. The first kappa shape index (κ1) is 17.4. The maximum Gasteiger partial charge on any atom is 0.286 e. The first-order chi connectivity index (χ1) is 11.9. The molecule has 3 rings (SSSR count). The van der Waals surface area contributed by atoms with Crippen molar-refractivity contribution in [1.82, 2.24) is 19.8 Å². The second kappa shape index (κ2) is 6.85. The van der Waals surface area contributed by atoms with Crippen LogP contribution >= 0.6 is 22.9 Å². The highest BCUT2D eigenvalue weighted by atomic mass is 35.5. The van der Waals surface area contributed by atoms with Gasteiger partial charge in [0, 0.05) is 18.1 Å². The molecule has 0 saturated heterocycles. The third-order valence-electron chi connectivity index (χ3n) is 3.45. The molecule has 0 aliphatic carbocycles. The number of amides is 1. The average Bonchev–Trinajstić information content (AvgIpc) is 3.16. The summed E-state index contributed by atoms with van der Waals surface area (Å²) < 4.78 is 12.0. The van der Waals surface area contributed by atoms with E-state index in [9.17, 15) is 4.79 Å². The smallest absolute Gasteiger partial charge is 0.286 e. The van der Waals surface area contributed by atoms with E-state index in [2.05, 4.69) is 20.6 Å². The van der Waals surface area contributed by atoms with Crippen LogP contribution in [-0.2, 0) is 0 Å². The summed E-state index contributed by atoms with van der Waals surface area (Å²) in [4.78, 5) is 13.1. The number of fused-ring (bicyclic) bond motifs is 1. The molecule has 2 aromatic heterocycles. The first-order valence-electron chi connectivity index (χ1n) is 7.39. The van der Waals surface area contributed by atoms with Gasteiger partial charge in [-0.2, -0.15) is 4.52 Å². The van der Waals surface area contributed by atoms with Crippen molar-refractivity contribution < 1.29 is 14.3 Å². The number of nitrogens with one attached hydrogen (secondary N) is 1. The molecule has 2 heterocycles. The van der Waals surface area contributed by atoms with Gasteiger partial charge in [0.1, 0.15) is 11.5 Å². The van der Waals surface area contributed by atoms with Gasteiger partial charge in [0.05, 0.1) is 24.9 Å². The van der Waals surface area contributed by atoms with E-state index >= 15 is 0 Å². The molecule has 25 heavy (non-hydrogen) atoms. The number of anilines is 1. The molecule has 0 aliphatic heterocycles. The third-order valence-corrected chi connectivity index (χ3v) is 4.64. The van der Waals surface area contributed by atoms with E-state index in [1.807, 2.05) is 13.8 Å². The summed E-state index contributed by atoms with van der Waals surface area (Å²) in [5.41, 5.74) is 0.434. The average molecular weight is 382 g/mol. The Morgan fingerprint density at radius 1 is 1.24 bits per heavy atom. The summed E-state index contributed by atoms with van der Waals surface area (Å²) in [6, 6.07) is 3.17. The summed E-state index contributed by atoms with van der Waals surface area (Å²) in [5, 5.41) is 15.8. The molecule has 0 spiro atoms. The predicted molar refractivity (Wildman–Crippen MR) is 95.3 cm³/mol. The number of benzene rings is 1. The molecular weight excluding hydrogens is 366 g/mol. The van der Waals surface area contributed by atoms with Gasteiger partial charge in [0.2, 0.25) is 9.97 Å². The SMILES string of the molecule is COc1cc(NC(=O)c2nn3c(C(C)C)nnc3s2)c(OC)cc1Cl.